The van der Waals surface area contributed by atoms with Gasteiger partial charge in [0.05, 0.1) is 11.1 Å². The predicted octanol–water partition coefficient (Wildman–Crippen LogP) is 0.716. The van der Waals surface area contributed by atoms with Gasteiger partial charge < -0.3 is 5.73 Å². The van der Waals surface area contributed by atoms with E-state index < -0.39 is 0 Å². The van der Waals surface area contributed by atoms with Gasteiger partial charge in [0, 0.05) is 6.20 Å². The highest BCUT2D eigenvalue weighted by Gasteiger charge is 2.07. The third-order valence-corrected chi connectivity index (χ3v) is 1.60. The molecule has 0 saturated carbocycles. The van der Waals surface area contributed by atoms with Crippen LogP contribution in [-0.4, -0.2) is 4.98 Å². The molecule has 58 valence electrons. The van der Waals surface area contributed by atoms with Crippen molar-refractivity contribution in [3.8, 4) is 12.1 Å². The summed E-state index contributed by atoms with van der Waals surface area (Å²) in [5.74, 6) is 0.175. The van der Waals surface area contributed by atoms with E-state index in [1.54, 1.807) is 6.92 Å². The minimum atomic E-state index is 0.175. The van der Waals surface area contributed by atoms with Crippen LogP contribution in [0.3, 0.4) is 0 Å². The second kappa shape index (κ2) is 2.89. The number of hydrogen-bond acceptors (Lipinski definition) is 4. The number of anilines is 1. The Morgan fingerprint density at radius 1 is 1.42 bits per heavy atom. The molecule has 0 aromatic carbocycles. The molecule has 0 atom stereocenters. The molecular formula is C8H6N4. The van der Waals surface area contributed by atoms with E-state index >= 15 is 0 Å². The van der Waals surface area contributed by atoms with E-state index in [2.05, 4.69) is 4.98 Å². The average Bonchev–Trinajstić information content (AvgIpc) is 2.06. The van der Waals surface area contributed by atoms with Crippen molar-refractivity contribution in [2.75, 3.05) is 5.73 Å². The van der Waals surface area contributed by atoms with Crippen LogP contribution in [0.5, 0.6) is 0 Å². The van der Waals surface area contributed by atoms with Gasteiger partial charge in [-0.15, -0.1) is 0 Å². The number of rotatable bonds is 0. The number of nitrogens with zero attached hydrogens (tertiary/aromatic N) is 3. The topological polar surface area (TPSA) is 86.5 Å². The maximum atomic E-state index is 8.64. The molecule has 0 aliphatic carbocycles. The molecule has 1 rings (SSSR count). The van der Waals surface area contributed by atoms with E-state index in [-0.39, 0.29) is 11.4 Å². The maximum absolute atomic E-state index is 8.64. The van der Waals surface area contributed by atoms with Crippen LogP contribution in [0.4, 0.5) is 5.82 Å². The summed E-state index contributed by atoms with van der Waals surface area (Å²) in [6.07, 6.45) is 1.37. The molecule has 1 heterocycles. The predicted molar refractivity (Wildman–Crippen MR) is 42.8 cm³/mol. The molecule has 4 nitrogen and oxygen atoms in total. The quantitative estimate of drug-likeness (QED) is 0.602. The molecule has 12 heavy (non-hydrogen) atoms. The lowest BCUT2D eigenvalue weighted by atomic mass is 10.1. The molecule has 1 aromatic heterocycles. The Labute approximate surface area is 69.9 Å². The molecule has 0 bridgehead atoms. The minimum absolute atomic E-state index is 0.175. The molecule has 1 aromatic rings. The first-order valence-corrected chi connectivity index (χ1v) is 3.26. The van der Waals surface area contributed by atoms with Crippen molar-refractivity contribution in [3.05, 3.63) is 22.9 Å². The fourth-order valence-corrected chi connectivity index (χ4v) is 0.876. The van der Waals surface area contributed by atoms with E-state index in [1.165, 1.54) is 6.20 Å². The molecule has 0 aliphatic rings. The Morgan fingerprint density at radius 2 is 2.08 bits per heavy atom. The van der Waals surface area contributed by atoms with E-state index in [4.69, 9.17) is 16.3 Å². The lowest BCUT2D eigenvalue weighted by Crippen LogP contribution is -1.99. The zero-order chi connectivity index (χ0) is 9.14. The van der Waals surface area contributed by atoms with E-state index in [1.807, 2.05) is 12.1 Å². The van der Waals surface area contributed by atoms with Gasteiger partial charge in [-0.3, -0.25) is 0 Å². The SMILES string of the molecule is Cc1c(C#N)cnc(N)c1C#N. The summed E-state index contributed by atoms with van der Waals surface area (Å²) in [7, 11) is 0. The van der Waals surface area contributed by atoms with Gasteiger partial charge in [0.2, 0.25) is 0 Å². The smallest absolute Gasteiger partial charge is 0.141 e. The lowest BCUT2D eigenvalue weighted by molar-refractivity contribution is 1.24. The van der Waals surface area contributed by atoms with Gasteiger partial charge in [-0.25, -0.2) is 4.98 Å². The van der Waals surface area contributed by atoms with Gasteiger partial charge in [-0.05, 0) is 12.5 Å². The molecule has 0 amide bonds. The minimum Gasteiger partial charge on any atom is -0.383 e. The van der Waals surface area contributed by atoms with Crippen molar-refractivity contribution in [1.29, 1.82) is 10.5 Å². The van der Waals surface area contributed by atoms with Crippen molar-refractivity contribution >= 4 is 5.82 Å². The summed E-state index contributed by atoms with van der Waals surface area (Å²) < 4.78 is 0. The fraction of sp³-hybridized carbons (Fsp3) is 0.125. The van der Waals surface area contributed by atoms with Crippen molar-refractivity contribution in [2.45, 2.75) is 6.92 Å². The van der Waals surface area contributed by atoms with Crippen molar-refractivity contribution < 1.29 is 0 Å². The van der Waals surface area contributed by atoms with Gasteiger partial charge in [0.15, 0.2) is 0 Å². The molecule has 0 spiro atoms. The summed E-state index contributed by atoms with van der Waals surface area (Å²) in [6.45, 7) is 1.68. The lowest BCUT2D eigenvalue weighted by Gasteiger charge is -2.00. The summed E-state index contributed by atoms with van der Waals surface area (Å²) in [4.78, 5) is 3.71. The number of pyridine rings is 1. The molecule has 0 saturated heterocycles. The van der Waals surface area contributed by atoms with Crippen molar-refractivity contribution in [3.63, 3.8) is 0 Å². The third kappa shape index (κ3) is 1.06. The Morgan fingerprint density at radius 3 is 2.58 bits per heavy atom. The standard InChI is InChI=1S/C8H6N4/c1-5-6(2-9)4-12-8(11)7(5)3-10/h4H,1H3,(H2,11,12). The van der Waals surface area contributed by atoms with Crippen LogP contribution in [0.2, 0.25) is 0 Å². The summed E-state index contributed by atoms with van der Waals surface area (Å²) in [5, 5.41) is 17.2. The molecule has 4 heteroatoms. The number of aromatic nitrogens is 1. The largest absolute Gasteiger partial charge is 0.383 e. The Kier molecular flexibility index (Phi) is 1.94. The van der Waals surface area contributed by atoms with E-state index in [9.17, 15) is 0 Å². The zero-order valence-corrected chi connectivity index (χ0v) is 6.50. The fourth-order valence-electron chi connectivity index (χ4n) is 0.876. The molecule has 0 aliphatic heterocycles. The zero-order valence-electron chi connectivity index (χ0n) is 6.50. The second-order valence-corrected chi connectivity index (χ2v) is 2.28. The van der Waals surface area contributed by atoms with Crippen LogP contribution in [0.15, 0.2) is 6.20 Å². The monoisotopic (exact) mass is 158 g/mol. The molecule has 0 unspecified atom stereocenters. The van der Waals surface area contributed by atoms with Crippen LogP contribution in [0.1, 0.15) is 16.7 Å². The van der Waals surface area contributed by atoms with Crippen LogP contribution in [-0.2, 0) is 0 Å². The van der Waals surface area contributed by atoms with Crippen molar-refractivity contribution in [2.24, 2.45) is 0 Å². The summed E-state index contributed by atoms with van der Waals surface area (Å²) >= 11 is 0. The Hall–Kier alpha value is -2.07. The summed E-state index contributed by atoms with van der Waals surface area (Å²) in [6, 6.07) is 3.83. The Bertz CT molecular complexity index is 395. The van der Waals surface area contributed by atoms with Crippen LogP contribution in [0.25, 0.3) is 0 Å². The van der Waals surface area contributed by atoms with Gasteiger partial charge >= 0.3 is 0 Å². The molecular weight excluding hydrogens is 152 g/mol. The first-order chi connectivity index (χ1) is 5.70. The van der Waals surface area contributed by atoms with Gasteiger partial charge in [0.25, 0.3) is 0 Å². The highest BCUT2D eigenvalue weighted by Crippen LogP contribution is 2.15. The highest BCUT2D eigenvalue weighted by molar-refractivity contribution is 5.57. The summed E-state index contributed by atoms with van der Waals surface area (Å²) in [5.41, 5.74) is 6.68. The normalized spacial score (nSPS) is 8.58. The Balaban J connectivity index is 3.50. The van der Waals surface area contributed by atoms with Gasteiger partial charge in [-0.2, -0.15) is 10.5 Å². The average molecular weight is 158 g/mol. The number of nitrogen functional groups attached to an aromatic ring is 1. The van der Waals surface area contributed by atoms with Gasteiger partial charge in [-0.1, -0.05) is 0 Å². The van der Waals surface area contributed by atoms with Gasteiger partial charge in [0.1, 0.15) is 18.0 Å². The maximum Gasteiger partial charge on any atom is 0.141 e. The number of nitrogens with two attached hydrogens (primary N) is 1. The van der Waals surface area contributed by atoms with Crippen LogP contribution in [0, 0.1) is 29.6 Å². The van der Waals surface area contributed by atoms with Crippen LogP contribution < -0.4 is 5.73 Å². The van der Waals surface area contributed by atoms with Crippen LogP contribution >= 0.6 is 0 Å². The third-order valence-electron chi connectivity index (χ3n) is 1.60. The number of hydrogen-bond donors (Lipinski definition) is 1. The highest BCUT2D eigenvalue weighted by atomic mass is 14.8. The first kappa shape index (κ1) is 8.03. The molecule has 0 radical (unpaired) electrons. The first-order valence-electron chi connectivity index (χ1n) is 3.26. The molecule has 0 fully saturated rings. The molecule has 2 N–H and O–H groups in total. The van der Waals surface area contributed by atoms with E-state index in [0.717, 1.165) is 0 Å². The van der Waals surface area contributed by atoms with E-state index in [0.29, 0.717) is 11.1 Å². The van der Waals surface area contributed by atoms with Crippen molar-refractivity contribution in [1.82, 2.24) is 4.98 Å². The second-order valence-electron chi connectivity index (χ2n) is 2.28. The number of nitriles is 2.